The fraction of sp³-hybridized carbons (Fsp3) is 0.556. The van der Waals surface area contributed by atoms with Crippen molar-refractivity contribution in [1.29, 1.82) is 0 Å². The predicted octanol–water partition coefficient (Wildman–Crippen LogP) is -2.58. The number of hydrogen-bond donors (Lipinski definition) is 4. The van der Waals surface area contributed by atoms with Gasteiger partial charge in [0.2, 0.25) is 0 Å². The third kappa shape index (κ3) is 1.73. The maximum Gasteiger partial charge on any atom is 0.190 e. The van der Waals surface area contributed by atoms with E-state index in [1.54, 1.807) is 0 Å². The van der Waals surface area contributed by atoms with Crippen molar-refractivity contribution in [2.75, 3.05) is 12.3 Å². The van der Waals surface area contributed by atoms with Gasteiger partial charge in [-0.25, -0.2) is 4.98 Å². The summed E-state index contributed by atoms with van der Waals surface area (Å²) >= 11 is 0. The van der Waals surface area contributed by atoms with E-state index in [9.17, 15) is 10.2 Å². The molecule has 0 amide bonds. The van der Waals surface area contributed by atoms with E-state index in [0.29, 0.717) is 5.52 Å². The molecule has 2 aromatic heterocycles. The van der Waals surface area contributed by atoms with Gasteiger partial charge in [-0.05, 0) is 5.21 Å². The van der Waals surface area contributed by atoms with Crippen LogP contribution >= 0.6 is 0 Å². The number of aromatic nitrogens is 5. The molecule has 0 bridgehead atoms. The molecule has 0 aromatic carbocycles. The summed E-state index contributed by atoms with van der Waals surface area (Å²) in [6.07, 6.45) is -2.85. The van der Waals surface area contributed by atoms with Crippen LogP contribution in [0.25, 0.3) is 11.2 Å². The zero-order valence-electron chi connectivity index (χ0n) is 9.66. The Morgan fingerprint density at radius 1 is 1.32 bits per heavy atom. The third-order valence-electron chi connectivity index (χ3n) is 3.09. The largest absolute Gasteiger partial charge is 0.394 e. The first-order chi connectivity index (χ1) is 9.13. The average molecular weight is 268 g/mol. The van der Waals surface area contributed by atoms with Crippen LogP contribution in [-0.2, 0) is 4.74 Å². The maximum absolute atomic E-state index is 9.93. The smallest absolute Gasteiger partial charge is 0.190 e. The summed E-state index contributed by atoms with van der Waals surface area (Å²) in [5.74, 6) is 0.107. The highest BCUT2D eigenvalue weighted by Crippen LogP contribution is 2.31. The van der Waals surface area contributed by atoms with Gasteiger partial charge in [-0.3, -0.25) is 4.57 Å². The first kappa shape index (κ1) is 12.2. The van der Waals surface area contributed by atoms with Crippen molar-refractivity contribution in [3.63, 3.8) is 0 Å². The van der Waals surface area contributed by atoms with E-state index in [-0.39, 0.29) is 11.5 Å². The van der Waals surface area contributed by atoms with Crippen LogP contribution in [0.1, 0.15) is 6.23 Å². The Kier molecular flexibility index (Phi) is 2.78. The van der Waals surface area contributed by atoms with Crippen molar-refractivity contribution in [3.8, 4) is 0 Å². The summed E-state index contributed by atoms with van der Waals surface area (Å²) in [6, 6.07) is 0. The molecule has 4 atom stereocenters. The molecule has 1 aliphatic rings. The van der Waals surface area contributed by atoms with Crippen LogP contribution in [0.15, 0.2) is 6.33 Å². The molecule has 0 radical (unpaired) electrons. The lowest BCUT2D eigenvalue weighted by Crippen LogP contribution is -2.33. The van der Waals surface area contributed by atoms with E-state index in [4.69, 9.17) is 15.6 Å². The van der Waals surface area contributed by atoms with Crippen molar-refractivity contribution < 1.29 is 20.1 Å². The highest BCUT2D eigenvalue weighted by molar-refractivity contribution is 5.80. The Morgan fingerprint density at radius 2 is 2.11 bits per heavy atom. The molecule has 0 aliphatic carbocycles. The second-order valence-electron chi connectivity index (χ2n) is 4.23. The first-order valence-electron chi connectivity index (χ1n) is 5.57. The van der Waals surface area contributed by atoms with Gasteiger partial charge in [0.15, 0.2) is 23.2 Å². The van der Waals surface area contributed by atoms with Crippen molar-refractivity contribution in [2.45, 2.75) is 24.5 Å². The Morgan fingerprint density at radius 3 is 2.79 bits per heavy atom. The summed E-state index contributed by atoms with van der Waals surface area (Å²) in [7, 11) is 0. The quantitative estimate of drug-likeness (QED) is 0.459. The third-order valence-corrected chi connectivity index (χ3v) is 3.09. The number of rotatable bonds is 2. The topological polar surface area (TPSA) is 152 Å². The molecule has 10 heteroatoms. The van der Waals surface area contributed by atoms with Gasteiger partial charge < -0.3 is 25.8 Å². The Hall–Kier alpha value is -1.88. The van der Waals surface area contributed by atoms with Crippen molar-refractivity contribution in [2.24, 2.45) is 0 Å². The van der Waals surface area contributed by atoms with Crippen molar-refractivity contribution in [3.05, 3.63) is 6.33 Å². The second-order valence-corrected chi connectivity index (χ2v) is 4.23. The maximum atomic E-state index is 9.93. The van der Waals surface area contributed by atoms with Crippen LogP contribution < -0.4 is 5.73 Å². The molecule has 10 nitrogen and oxygen atoms in total. The number of ether oxygens (including phenoxy) is 1. The second kappa shape index (κ2) is 4.35. The van der Waals surface area contributed by atoms with Crippen LogP contribution in [0.4, 0.5) is 5.82 Å². The lowest BCUT2D eigenvalue weighted by Gasteiger charge is -2.15. The molecule has 5 N–H and O–H groups in total. The lowest BCUT2D eigenvalue weighted by atomic mass is 10.1. The van der Waals surface area contributed by atoms with Crippen LogP contribution in [0.3, 0.4) is 0 Å². The molecule has 102 valence electrons. The fourth-order valence-electron chi connectivity index (χ4n) is 2.09. The standard InChI is InChI=1S/C9H12N6O4/c10-7-4-8(13-14-12-7)15(2-11-4)9-6(18)5(17)3(1-16)19-9/h2-3,5-6,9,16-18H,1H2,(H2,10,12,13)/t3-,5+,6+,9+/m0/s1. The molecule has 0 saturated carbocycles. The highest BCUT2D eigenvalue weighted by Gasteiger charge is 2.44. The number of nitrogens with two attached hydrogens (primary N) is 1. The number of anilines is 1. The minimum Gasteiger partial charge on any atom is -0.394 e. The Bertz CT molecular complexity index is 603. The zero-order chi connectivity index (χ0) is 13.6. The molecular weight excluding hydrogens is 256 g/mol. The molecule has 1 fully saturated rings. The first-order valence-corrected chi connectivity index (χ1v) is 5.57. The molecule has 0 unspecified atom stereocenters. The monoisotopic (exact) mass is 268 g/mol. The molecular formula is C9H12N6O4. The van der Waals surface area contributed by atoms with Gasteiger partial charge in [0.1, 0.15) is 18.3 Å². The van der Waals surface area contributed by atoms with Gasteiger partial charge in [-0.2, -0.15) is 0 Å². The molecule has 19 heavy (non-hydrogen) atoms. The number of imidazole rings is 1. The van der Waals surface area contributed by atoms with Gasteiger partial charge >= 0.3 is 0 Å². The normalized spacial score (nSPS) is 31.1. The highest BCUT2D eigenvalue weighted by atomic mass is 16.6. The van der Waals surface area contributed by atoms with E-state index in [2.05, 4.69) is 20.4 Å². The number of nitrogen functional groups attached to an aromatic ring is 1. The van der Waals surface area contributed by atoms with E-state index >= 15 is 0 Å². The van der Waals surface area contributed by atoms with E-state index in [0.717, 1.165) is 0 Å². The van der Waals surface area contributed by atoms with Crippen molar-refractivity contribution >= 4 is 17.0 Å². The van der Waals surface area contributed by atoms with Crippen LogP contribution in [0.5, 0.6) is 0 Å². The fourth-order valence-corrected chi connectivity index (χ4v) is 2.09. The minimum atomic E-state index is -1.22. The van der Waals surface area contributed by atoms with Gasteiger partial charge in [-0.15, -0.1) is 10.2 Å². The summed E-state index contributed by atoms with van der Waals surface area (Å²) in [5, 5.41) is 39.5. The van der Waals surface area contributed by atoms with Crippen LogP contribution in [-0.4, -0.2) is 65.2 Å². The SMILES string of the molecule is Nc1nnnc2c1ncn2[C@@H]1O[C@@H](CO)[C@@H](O)[C@H]1O. The Labute approximate surface area is 106 Å². The number of fused-ring (bicyclic) bond motifs is 1. The predicted molar refractivity (Wildman–Crippen MR) is 60.5 cm³/mol. The lowest BCUT2D eigenvalue weighted by molar-refractivity contribution is -0.0511. The number of aliphatic hydroxyl groups is 3. The molecule has 0 spiro atoms. The minimum absolute atomic E-state index is 0.107. The van der Waals surface area contributed by atoms with E-state index in [1.807, 2.05) is 0 Å². The van der Waals surface area contributed by atoms with Gasteiger partial charge in [0.05, 0.1) is 12.9 Å². The van der Waals surface area contributed by atoms with Gasteiger partial charge in [-0.1, -0.05) is 0 Å². The van der Waals surface area contributed by atoms with Gasteiger partial charge in [0.25, 0.3) is 0 Å². The van der Waals surface area contributed by atoms with E-state index < -0.39 is 31.1 Å². The van der Waals surface area contributed by atoms with Crippen LogP contribution in [0.2, 0.25) is 0 Å². The van der Waals surface area contributed by atoms with Crippen LogP contribution in [0, 0.1) is 0 Å². The molecule has 1 aliphatic heterocycles. The Balaban J connectivity index is 2.04. The molecule has 3 heterocycles. The summed E-state index contributed by atoms with van der Waals surface area (Å²) in [5.41, 5.74) is 6.21. The average Bonchev–Trinajstić information content (AvgIpc) is 2.94. The summed E-state index contributed by atoms with van der Waals surface area (Å²) in [6.45, 7) is -0.406. The zero-order valence-corrected chi connectivity index (χ0v) is 9.66. The molecule has 2 aromatic rings. The van der Waals surface area contributed by atoms with Gasteiger partial charge in [0, 0.05) is 0 Å². The number of nitrogens with zero attached hydrogens (tertiary/aromatic N) is 5. The summed E-state index contributed by atoms with van der Waals surface area (Å²) in [4.78, 5) is 4.01. The number of hydrogen-bond acceptors (Lipinski definition) is 9. The summed E-state index contributed by atoms with van der Waals surface area (Å²) < 4.78 is 6.76. The van der Waals surface area contributed by atoms with Crippen molar-refractivity contribution in [1.82, 2.24) is 25.0 Å². The molecule has 3 rings (SSSR count). The molecule has 1 saturated heterocycles. The van der Waals surface area contributed by atoms with E-state index in [1.165, 1.54) is 10.9 Å². The number of aliphatic hydroxyl groups excluding tert-OH is 3.